The summed E-state index contributed by atoms with van der Waals surface area (Å²) in [6, 6.07) is 4.06. The maximum absolute atomic E-state index is 11.1. The Morgan fingerprint density at radius 1 is 1.32 bits per heavy atom. The van der Waals surface area contributed by atoms with E-state index < -0.39 is 5.91 Å². The van der Waals surface area contributed by atoms with Crippen molar-refractivity contribution < 1.29 is 4.79 Å². The van der Waals surface area contributed by atoms with Gasteiger partial charge in [0.15, 0.2) is 0 Å². The summed E-state index contributed by atoms with van der Waals surface area (Å²) in [5.41, 5.74) is 14.7. The number of imidazole rings is 1. The molecule has 0 aliphatic heterocycles. The molecule has 1 saturated carbocycles. The Bertz CT molecular complexity index is 873. The van der Waals surface area contributed by atoms with Gasteiger partial charge in [-0.15, -0.1) is 0 Å². The SMILES string of the molecule is NC(=O)c1cnn(Cc2cn3c(N)c(C4CC4)ccc3n2)c1. The summed E-state index contributed by atoms with van der Waals surface area (Å²) in [4.78, 5) is 15.6. The number of amides is 1. The van der Waals surface area contributed by atoms with Gasteiger partial charge in [-0.05, 0) is 30.4 Å². The highest BCUT2D eigenvalue weighted by atomic mass is 16.1. The van der Waals surface area contributed by atoms with Crippen molar-refractivity contribution in [2.45, 2.75) is 25.3 Å². The van der Waals surface area contributed by atoms with Crippen LogP contribution < -0.4 is 11.5 Å². The first-order valence-corrected chi connectivity index (χ1v) is 7.20. The lowest BCUT2D eigenvalue weighted by Gasteiger charge is -2.05. The van der Waals surface area contributed by atoms with Crippen LogP contribution in [0.15, 0.2) is 30.7 Å². The lowest BCUT2D eigenvalue weighted by Crippen LogP contribution is -2.09. The van der Waals surface area contributed by atoms with Crippen LogP contribution in [0.25, 0.3) is 5.65 Å². The highest BCUT2D eigenvalue weighted by molar-refractivity contribution is 5.92. The number of pyridine rings is 1. The molecule has 7 heteroatoms. The Hall–Kier alpha value is -2.83. The maximum Gasteiger partial charge on any atom is 0.251 e. The number of hydrogen-bond donors (Lipinski definition) is 2. The predicted octanol–water partition coefficient (Wildman–Crippen LogP) is 1.14. The number of nitrogens with two attached hydrogens (primary N) is 2. The number of nitrogen functional groups attached to an aromatic ring is 1. The number of rotatable bonds is 4. The molecule has 1 aliphatic rings. The first-order chi connectivity index (χ1) is 10.6. The van der Waals surface area contributed by atoms with E-state index in [-0.39, 0.29) is 0 Å². The van der Waals surface area contributed by atoms with Crippen LogP contribution in [-0.2, 0) is 6.54 Å². The minimum absolute atomic E-state index is 0.388. The van der Waals surface area contributed by atoms with Crippen molar-refractivity contribution in [1.29, 1.82) is 0 Å². The summed E-state index contributed by atoms with van der Waals surface area (Å²) in [6.45, 7) is 0.465. The van der Waals surface area contributed by atoms with E-state index in [1.807, 2.05) is 16.7 Å². The van der Waals surface area contributed by atoms with E-state index in [0.717, 1.165) is 17.2 Å². The minimum atomic E-state index is -0.487. The number of fused-ring (bicyclic) bond motifs is 1. The highest BCUT2D eigenvalue weighted by Gasteiger charge is 2.26. The zero-order valence-corrected chi connectivity index (χ0v) is 11.9. The Balaban J connectivity index is 1.67. The van der Waals surface area contributed by atoms with Crippen molar-refractivity contribution in [3.63, 3.8) is 0 Å². The zero-order valence-electron chi connectivity index (χ0n) is 11.9. The summed E-state index contributed by atoms with van der Waals surface area (Å²) in [5, 5.41) is 4.12. The number of nitrogens with zero attached hydrogens (tertiary/aromatic N) is 4. The molecule has 0 spiro atoms. The largest absolute Gasteiger partial charge is 0.385 e. The van der Waals surface area contributed by atoms with E-state index in [0.29, 0.717) is 18.0 Å². The average Bonchev–Trinajstić information content (AvgIpc) is 3.06. The van der Waals surface area contributed by atoms with Gasteiger partial charge < -0.3 is 11.5 Å². The molecule has 22 heavy (non-hydrogen) atoms. The van der Waals surface area contributed by atoms with Crippen LogP contribution in [0.1, 0.15) is 40.4 Å². The maximum atomic E-state index is 11.1. The second-order valence-electron chi connectivity index (χ2n) is 5.70. The second-order valence-corrected chi connectivity index (χ2v) is 5.70. The van der Waals surface area contributed by atoms with E-state index in [1.165, 1.54) is 24.6 Å². The fourth-order valence-corrected chi connectivity index (χ4v) is 2.70. The van der Waals surface area contributed by atoms with Gasteiger partial charge in [-0.3, -0.25) is 13.9 Å². The molecule has 112 valence electrons. The fraction of sp³-hybridized carbons (Fsp3) is 0.267. The summed E-state index contributed by atoms with van der Waals surface area (Å²) < 4.78 is 3.56. The monoisotopic (exact) mass is 296 g/mol. The summed E-state index contributed by atoms with van der Waals surface area (Å²) in [7, 11) is 0. The Morgan fingerprint density at radius 3 is 2.82 bits per heavy atom. The molecule has 0 unspecified atom stereocenters. The molecule has 4 rings (SSSR count). The molecule has 1 amide bonds. The Labute approximate surface area is 126 Å². The third kappa shape index (κ3) is 2.11. The molecular formula is C15H16N6O. The summed E-state index contributed by atoms with van der Waals surface area (Å²) in [5.74, 6) is 0.871. The molecule has 0 radical (unpaired) electrons. The number of hydrogen-bond acceptors (Lipinski definition) is 4. The molecule has 1 fully saturated rings. The molecule has 3 heterocycles. The fourth-order valence-electron chi connectivity index (χ4n) is 2.70. The van der Waals surface area contributed by atoms with Crippen molar-refractivity contribution in [3.8, 4) is 0 Å². The zero-order chi connectivity index (χ0) is 15.3. The molecule has 0 bridgehead atoms. The summed E-state index contributed by atoms with van der Waals surface area (Å²) >= 11 is 0. The molecule has 0 atom stereocenters. The molecule has 0 saturated heterocycles. The van der Waals surface area contributed by atoms with E-state index >= 15 is 0 Å². The first-order valence-electron chi connectivity index (χ1n) is 7.20. The van der Waals surface area contributed by atoms with Crippen molar-refractivity contribution in [3.05, 3.63) is 47.5 Å². The standard InChI is InChI=1S/C15H16N6O/c16-14-12(9-1-2-9)3-4-13-19-11(8-21(13)14)7-20-6-10(5-18-20)15(17)22/h3-6,8-9H,1-2,7,16H2,(H2,17,22). The van der Waals surface area contributed by atoms with Gasteiger partial charge in [-0.1, -0.05) is 6.07 Å². The van der Waals surface area contributed by atoms with Gasteiger partial charge in [-0.25, -0.2) is 4.98 Å². The lowest BCUT2D eigenvalue weighted by molar-refractivity contribution is 0.1000. The minimum Gasteiger partial charge on any atom is -0.385 e. The number of anilines is 1. The van der Waals surface area contributed by atoms with Gasteiger partial charge in [0, 0.05) is 12.4 Å². The first kappa shape index (κ1) is 12.9. The van der Waals surface area contributed by atoms with Gasteiger partial charge in [-0.2, -0.15) is 5.10 Å². The molecule has 1 aliphatic carbocycles. The van der Waals surface area contributed by atoms with Crippen LogP contribution in [0.5, 0.6) is 0 Å². The van der Waals surface area contributed by atoms with E-state index in [2.05, 4.69) is 16.1 Å². The van der Waals surface area contributed by atoms with Crippen molar-refractivity contribution in [2.24, 2.45) is 5.73 Å². The van der Waals surface area contributed by atoms with Gasteiger partial charge in [0.1, 0.15) is 11.5 Å². The summed E-state index contributed by atoms with van der Waals surface area (Å²) in [6.07, 6.45) is 7.41. The van der Waals surface area contributed by atoms with Crippen LogP contribution in [-0.4, -0.2) is 25.1 Å². The van der Waals surface area contributed by atoms with Gasteiger partial charge >= 0.3 is 0 Å². The molecule has 3 aromatic heterocycles. The lowest BCUT2D eigenvalue weighted by atomic mass is 10.1. The number of carbonyl (C=O) groups is 1. The van der Waals surface area contributed by atoms with E-state index in [4.69, 9.17) is 11.5 Å². The van der Waals surface area contributed by atoms with Crippen LogP contribution in [0.2, 0.25) is 0 Å². The smallest absolute Gasteiger partial charge is 0.251 e. The predicted molar refractivity (Wildman–Crippen MR) is 81.4 cm³/mol. The molecule has 3 aromatic rings. The number of carbonyl (C=O) groups excluding carboxylic acids is 1. The quantitative estimate of drug-likeness (QED) is 0.753. The van der Waals surface area contributed by atoms with Gasteiger partial charge in [0.25, 0.3) is 5.91 Å². The van der Waals surface area contributed by atoms with Crippen molar-refractivity contribution >= 4 is 17.4 Å². The topological polar surface area (TPSA) is 104 Å². The molecule has 7 nitrogen and oxygen atoms in total. The van der Waals surface area contributed by atoms with E-state index in [1.54, 1.807) is 10.9 Å². The second kappa shape index (κ2) is 4.59. The van der Waals surface area contributed by atoms with Crippen LogP contribution in [0.3, 0.4) is 0 Å². The van der Waals surface area contributed by atoms with E-state index in [9.17, 15) is 4.79 Å². The number of primary amides is 1. The molecule has 0 aromatic carbocycles. The third-order valence-corrected chi connectivity index (χ3v) is 4.01. The van der Waals surface area contributed by atoms with Crippen LogP contribution in [0, 0.1) is 0 Å². The van der Waals surface area contributed by atoms with Gasteiger partial charge in [0.05, 0.1) is 24.0 Å². The third-order valence-electron chi connectivity index (χ3n) is 4.01. The van der Waals surface area contributed by atoms with Crippen LogP contribution in [0.4, 0.5) is 5.82 Å². The van der Waals surface area contributed by atoms with Crippen molar-refractivity contribution in [1.82, 2.24) is 19.2 Å². The van der Waals surface area contributed by atoms with Gasteiger partial charge in [0.2, 0.25) is 0 Å². The van der Waals surface area contributed by atoms with Crippen LogP contribution >= 0.6 is 0 Å². The normalized spacial score (nSPS) is 14.5. The highest BCUT2D eigenvalue weighted by Crippen LogP contribution is 2.42. The average molecular weight is 296 g/mol. The van der Waals surface area contributed by atoms with Crippen molar-refractivity contribution in [2.75, 3.05) is 5.73 Å². The Kier molecular flexibility index (Phi) is 2.69. The molecular weight excluding hydrogens is 280 g/mol. The Morgan fingerprint density at radius 2 is 2.14 bits per heavy atom. The number of aromatic nitrogens is 4. The molecule has 4 N–H and O–H groups in total.